The molecular weight excluding hydrogens is 431 g/mol. The third-order valence-corrected chi connectivity index (χ3v) is 7.17. The highest BCUT2D eigenvalue weighted by Crippen LogP contribution is 2.52. The molecule has 1 atom stereocenters. The monoisotopic (exact) mass is 454 g/mol. The van der Waals surface area contributed by atoms with Crippen LogP contribution in [0.4, 0.5) is 4.39 Å². The second-order valence-corrected chi connectivity index (χ2v) is 9.42. The maximum absolute atomic E-state index is 13.9. The lowest BCUT2D eigenvalue weighted by Crippen LogP contribution is -2.50. The van der Waals surface area contributed by atoms with Crippen molar-refractivity contribution in [2.75, 3.05) is 0 Å². The lowest BCUT2D eigenvalue weighted by atomic mass is 9.86. The highest BCUT2D eigenvalue weighted by molar-refractivity contribution is 6.47. The number of amides is 1. The van der Waals surface area contributed by atoms with Crippen molar-refractivity contribution < 1.29 is 19.1 Å². The molecule has 3 aliphatic rings. The Bertz CT molecular complexity index is 1100. The number of carbonyl (C=O) groups excluding carboxylic acids is 1. The molecule has 1 aliphatic heterocycles. The van der Waals surface area contributed by atoms with Crippen LogP contribution in [0.2, 0.25) is 5.02 Å². The van der Waals surface area contributed by atoms with Crippen molar-refractivity contribution in [1.82, 2.24) is 4.90 Å². The van der Waals surface area contributed by atoms with Gasteiger partial charge in [0.25, 0.3) is 5.91 Å². The molecule has 0 bridgehead atoms. The molecule has 0 saturated heterocycles. The van der Waals surface area contributed by atoms with Gasteiger partial charge in [-0.05, 0) is 80.3 Å². The minimum absolute atomic E-state index is 0.0304. The topological polar surface area (TPSA) is 70.0 Å². The first-order chi connectivity index (χ1) is 15.4. The molecule has 5 nitrogen and oxygen atoms in total. The fraction of sp³-hybridized carbons (Fsp3) is 0.400. The lowest BCUT2D eigenvalue weighted by molar-refractivity contribution is -0.133. The van der Waals surface area contributed by atoms with Crippen LogP contribution in [0.25, 0.3) is 0 Å². The number of carboxylic acid groups (broad SMARTS) is 1. The van der Waals surface area contributed by atoms with Gasteiger partial charge in [-0.1, -0.05) is 30.2 Å². The molecule has 2 fully saturated rings. The van der Waals surface area contributed by atoms with E-state index in [0.717, 1.165) is 50.5 Å². The summed E-state index contributed by atoms with van der Waals surface area (Å²) in [6, 6.07) is 11.0. The lowest BCUT2D eigenvalue weighted by Gasteiger charge is -2.44. The summed E-state index contributed by atoms with van der Waals surface area (Å²) in [6.07, 6.45) is 6.69. The second kappa shape index (κ2) is 8.00. The molecule has 2 aliphatic carbocycles. The average molecular weight is 455 g/mol. The molecule has 1 heterocycles. The minimum Gasteiger partial charge on any atom is -0.478 e. The van der Waals surface area contributed by atoms with Crippen molar-refractivity contribution >= 4 is 29.2 Å². The van der Waals surface area contributed by atoms with E-state index < -0.39 is 17.4 Å². The molecule has 166 valence electrons. The van der Waals surface area contributed by atoms with Crippen LogP contribution >= 0.6 is 11.6 Å². The highest BCUT2D eigenvalue weighted by atomic mass is 35.5. The molecule has 0 radical (unpaired) electrons. The number of rotatable bonds is 5. The zero-order valence-corrected chi connectivity index (χ0v) is 18.3. The Morgan fingerprint density at radius 2 is 1.81 bits per heavy atom. The summed E-state index contributed by atoms with van der Waals surface area (Å²) in [4.78, 5) is 32.1. The molecule has 2 saturated carbocycles. The first-order valence-corrected chi connectivity index (χ1v) is 11.5. The van der Waals surface area contributed by atoms with Crippen LogP contribution in [0.1, 0.15) is 72.5 Å². The fourth-order valence-corrected chi connectivity index (χ4v) is 5.35. The van der Waals surface area contributed by atoms with Crippen molar-refractivity contribution in [1.29, 1.82) is 0 Å². The maximum atomic E-state index is 13.9. The number of hydrogen-bond donors (Lipinski definition) is 1. The summed E-state index contributed by atoms with van der Waals surface area (Å²) >= 11 is 6.01. The van der Waals surface area contributed by atoms with Crippen LogP contribution in [0.15, 0.2) is 47.5 Å². The Kier molecular flexibility index (Phi) is 5.28. The van der Waals surface area contributed by atoms with Crippen LogP contribution < -0.4 is 0 Å². The van der Waals surface area contributed by atoms with Gasteiger partial charge in [0.15, 0.2) is 0 Å². The van der Waals surface area contributed by atoms with Crippen LogP contribution in [0.3, 0.4) is 0 Å². The minimum atomic E-state index is -0.973. The van der Waals surface area contributed by atoms with Gasteiger partial charge >= 0.3 is 5.97 Å². The Morgan fingerprint density at radius 1 is 1.12 bits per heavy atom. The van der Waals surface area contributed by atoms with E-state index in [4.69, 9.17) is 16.6 Å². The summed E-state index contributed by atoms with van der Waals surface area (Å²) in [7, 11) is 0. The van der Waals surface area contributed by atoms with Crippen molar-refractivity contribution in [2.45, 2.75) is 56.7 Å². The van der Waals surface area contributed by atoms with E-state index in [2.05, 4.69) is 0 Å². The van der Waals surface area contributed by atoms with E-state index in [1.165, 1.54) is 12.1 Å². The number of benzene rings is 2. The SMILES string of the molecule is O=C(O)c1ccc(C(C2CC2)N2C(=O)C(c3ccc(F)c(Cl)c3)=NC23CCCCC3)cc1. The molecule has 1 amide bonds. The molecule has 1 spiro atoms. The van der Waals surface area contributed by atoms with Crippen molar-refractivity contribution in [3.05, 3.63) is 70.0 Å². The number of aliphatic imine (C=N–C) groups is 1. The number of hydrogen-bond acceptors (Lipinski definition) is 3. The number of halogens is 2. The van der Waals surface area contributed by atoms with Crippen molar-refractivity contribution in [3.63, 3.8) is 0 Å². The quantitative estimate of drug-likeness (QED) is 0.637. The summed E-state index contributed by atoms with van der Waals surface area (Å²) in [5.74, 6) is -1.34. The molecule has 2 aromatic rings. The second-order valence-electron chi connectivity index (χ2n) is 9.02. The zero-order chi connectivity index (χ0) is 22.5. The molecule has 7 heteroatoms. The Labute approximate surface area is 190 Å². The molecule has 0 aromatic heterocycles. The van der Waals surface area contributed by atoms with Gasteiger partial charge in [0.1, 0.15) is 17.2 Å². The third kappa shape index (κ3) is 3.60. The van der Waals surface area contributed by atoms with Crippen molar-refractivity contribution in [3.8, 4) is 0 Å². The molecule has 2 aromatic carbocycles. The largest absolute Gasteiger partial charge is 0.478 e. The van der Waals surface area contributed by atoms with E-state index in [-0.39, 0.29) is 22.5 Å². The number of carbonyl (C=O) groups is 2. The first kappa shape index (κ1) is 21.1. The Hall–Kier alpha value is -2.73. The van der Waals surface area contributed by atoms with Gasteiger partial charge in [-0.2, -0.15) is 0 Å². The molecule has 5 rings (SSSR count). The average Bonchev–Trinajstić information content (AvgIpc) is 3.59. The van der Waals surface area contributed by atoms with Crippen molar-refractivity contribution in [2.24, 2.45) is 10.9 Å². The van der Waals surface area contributed by atoms with E-state index in [1.54, 1.807) is 18.2 Å². The van der Waals surface area contributed by atoms with Crippen LogP contribution in [-0.2, 0) is 4.79 Å². The van der Waals surface area contributed by atoms with Gasteiger partial charge < -0.3 is 10.0 Å². The maximum Gasteiger partial charge on any atom is 0.335 e. The molecule has 1 N–H and O–H groups in total. The summed E-state index contributed by atoms with van der Waals surface area (Å²) in [5.41, 5.74) is 1.40. The van der Waals surface area contributed by atoms with Gasteiger partial charge in [0.2, 0.25) is 0 Å². The van der Waals surface area contributed by atoms with Gasteiger partial charge in [-0.15, -0.1) is 0 Å². The summed E-state index contributed by atoms with van der Waals surface area (Å²) < 4.78 is 13.8. The van der Waals surface area contributed by atoms with Gasteiger partial charge in [-0.3, -0.25) is 9.79 Å². The van der Waals surface area contributed by atoms with E-state index in [9.17, 15) is 19.1 Å². The Morgan fingerprint density at radius 3 is 2.41 bits per heavy atom. The van der Waals surface area contributed by atoms with E-state index >= 15 is 0 Å². The van der Waals surface area contributed by atoms with E-state index in [1.807, 2.05) is 17.0 Å². The van der Waals surface area contributed by atoms with Crippen LogP contribution in [0.5, 0.6) is 0 Å². The van der Waals surface area contributed by atoms with Gasteiger partial charge in [0, 0.05) is 5.56 Å². The first-order valence-electron chi connectivity index (χ1n) is 11.1. The standard InChI is InChI=1S/C25H24ClFN2O3/c26-19-14-18(10-11-20(19)27)21-23(30)29(25(28-21)12-2-1-3-13-25)22(15-4-5-15)16-6-8-17(9-7-16)24(31)32/h6-11,14-15,22H,1-5,12-13H2,(H,31,32). The normalized spacial score (nSPS) is 21.0. The number of aromatic carboxylic acids is 1. The van der Waals surface area contributed by atoms with Crippen LogP contribution in [0, 0.1) is 11.7 Å². The molecule has 1 unspecified atom stereocenters. The Balaban J connectivity index is 1.58. The molecule has 32 heavy (non-hydrogen) atoms. The molecular formula is C25H24ClFN2O3. The highest BCUT2D eigenvalue weighted by Gasteiger charge is 2.53. The van der Waals surface area contributed by atoms with Gasteiger partial charge in [-0.25, -0.2) is 9.18 Å². The zero-order valence-electron chi connectivity index (χ0n) is 17.6. The van der Waals surface area contributed by atoms with Gasteiger partial charge in [0.05, 0.1) is 16.6 Å². The number of nitrogens with zero attached hydrogens (tertiary/aromatic N) is 2. The fourth-order valence-electron chi connectivity index (χ4n) is 5.17. The predicted molar refractivity (Wildman–Crippen MR) is 119 cm³/mol. The predicted octanol–water partition coefficient (Wildman–Crippen LogP) is 5.62. The van der Waals surface area contributed by atoms with Crippen LogP contribution in [-0.4, -0.2) is 33.3 Å². The smallest absolute Gasteiger partial charge is 0.335 e. The number of carboxylic acids is 1. The van der Waals surface area contributed by atoms with E-state index in [0.29, 0.717) is 17.2 Å². The third-order valence-electron chi connectivity index (χ3n) is 6.88. The summed E-state index contributed by atoms with van der Waals surface area (Å²) in [6.45, 7) is 0. The summed E-state index contributed by atoms with van der Waals surface area (Å²) in [5, 5.41) is 9.24.